The maximum atomic E-state index is 12.9. The minimum absolute atomic E-state index is 0.197. The third-order valence-electron chi connectivity index (χ3n) is 5.24. The summed E-state index contributed by atoms with van der Waals surface area (Å²) < 4.78 is 28.6. The van der Waals surface area contributed by atoms with E-state index >= 15 is 0 Å². The number of hydrogen-bond acceptors (Lipinski definition) is 6. The number of nitriles is 1. The Morgan fingerprint density at radius 2 is 1.81 bits per heavy atom. The third kappa shape index (κ3) is 4.74. The zero-order valence-corrected chi connectivity index (χ0v) is 19.0. The van der Waals surface area contributed by atoms with E-state index in [1.54, 1.807) is 41.7 Å². The van der Waals surface area contributed by atoms with Gasteiger partial charge in [0.25, 0.3) is 10.0 Å². The molecule has 1 aliphatic rings. The molecule has 3 aromatic rings. The average Bonchev–Trinajstić information content (AvgIpc) is 3.28. The highest BCUT2D eigenvalue weighted by Gasteiger charge is 2.24. The van der Waals surface area contributed by atoms with Crippen LogP contribution in [-0.4, -0.2) is 33.6 Å². The summed E-state index contributed by atoms with van der Waals surface area (Å²) >= 11 is 1.61. The molecule has 31 heavy (non-hydrogen) atoms. The standard InChI is InChI=1S/C23H24N4O2S2/c1-16-14-27(15-17(2)25-16)22-12-20(8-5-19(22)13-24)26-31(28,29)21-9-6-18(7-10-21)23-4-3-11-30-23/h3-12,16-17,25-26H,14-15H2,1-2H3/t16-,17+. The molecule has 0 saturated carbocycles. The van der Waals surface area contributed by atoms with Crippen molar-refractivity contribution in [2.75, 3.05) is 22.7 Å². The normalized spacial score (nSPS) is 19.1. The van der Waals surface area contributed by atoms with Crippen molar-refractivity contribution in [1.29, 1.82) is 5.26 Å². The van der Waals surface area contributed by atoms with E-state index in [0.717, 1.165) is 29.2 Å². The van der Waals surface area contributed by atoms with Gasteiger partial charge in [0.05, 0.1) is 21.8 Å². The molecule has 0 spiro atoms. The molecule has 2 aromatic carbocycles. The van der Waals surface area contributed by atoms with Crippen molar-refractivity contribution in [3.05, 3.63) is 65.5 Å². The Morgan fingerprint density at radius 1 is 1.10 bits per heavy atom. The number of sulfonamides is 1. The molecule has 0 unspecified atom stereocenters. The van der Waals surface area contributed by atoms with Gasteiger partial charge in [-0.2, -0.15) is 5.26 Å². The first kappa shape index (κ1) is 21.4. The maximum Gasteiger partial charge on any atom is 0.261 e. The van der Waals surface area contributed by atoms with Crippen LogP contribution in [-0.2, 0) is 10.0 Å². The molecule has 0 bridgehead atoms. The second kappa shape index (κ2) is 8.71. The summed E-state index contributed by atoms with van der Waals surface area (Å²) in [4.78, 5) is 3.43. The lowest BCUT2D eigenvalue weighted by Gasteiger charge is -2.38. The van der Waals surface area contributed by atoms with Gasteiger partial charge in [-0.05, 0) is 61.2 Å². The molecule has 1 aromatic heterocycles. The Hall–Kier alpha value is -2.86. The van der Waals surface area contributed by atoms with Gasteiger partial charge in [-0.1, -0.05) is 18.2 Å². The van der Waals surface area contributed by atoms with Crippen LogP contribution < -0.4 is 14.9 Å². The highest BCUT2D eigenvalue weighted by atomic mass is 32.2. The zero-order valence-electron chi connectivity index (χ0n) is 17.4. The molecular formula is C23H24N4O2S2. The average molecular weight is 453 g/mol. The number of rotatable bonds is 5. The van der Waals surface area contributed by atoms with Gasteiger partial charge in [0.15, 0.2) is 0 Å². The Labute approximate surface area is 187 Å². The minimum atomic E-state index is -3.75. The van der Waals surface area contributed by atoms with E-state index in [4.69, 9.17) is 0 Å². The summed E-state index contributed by atoms with van der Waals surface area (Å²) in [7, 11) is -3.75. The topological polar surface area (TPSA) is 85.2 Å². The van der Waals surface area contributed by atoms with Crippen LogP contribution in [0.5, 0.6) is 0 Å². The summed E-state index contributed by atoms with van der Waals surface area (Å²) in [5, 5.41) is 15.0. The van der Waals surface area contributed by atoms with Crippen molar-refractivity contribution in [2.24, 2.45) is 0 Å². The molecule has 1 aliphatic heterocycles. The summed E-state index contributed by atoms with van der Waals surface area (Å²) in [6.07, 6.45) is 0. The van der Waals surface area contributed by atoms with Crippen LogP contribution in [0.3, 0.4) is 0 Å². The highest BCUT2D eigenvalue weighted by molar-refractivity contribution is 7.92. The summed E-state index contributed by atoms with van der Waals surface area (Å²) in [6, 6.07) is 18.7. The van der Waals surface area contributed by atoms with Gasteiger partial charge in [0, 0.05) is 30.1 Å². The van der Waals surface area contributed by atoms with E-state index in [-0.39, 0.29) is 17.0 Å². The van der Waals surface area contributed by atoms with Crippen molar-refractivity contribution in [1.82, 2.24) is 5.32 Å². The first-order valence-electron chi connectivity index (χ1n) is 10.1. The van der Waals surface area contributed by atoms with E-state index in [1.165, 1.54) is 0 Å². The Bertz CT molecular complexity index is 1190. The first-order valence-corrected chi connectivity index (χ1v) is 12.4. The predicted molar refractivity (Wildman–Crippen MR) is 126 cm³/mol. The van der Waals surface area contributed by atoms with Crippen LogP contribution in [0, 0.1) is 11.3 Å². The van der Waals surface area contributed by atoms with Gasteiger partial charge in [0.1, 0.15) is 6.07 Å². The minimum Gasteiger partial charge on any atom is -0.367 e. The molecule has 160 valence electrons. The van der Waals surface area contributed by atoms with Gasteiger partial charge in [-0.15, -0.1) is 11.3 Å². The van der Waals surface area contributed by atoms with Crippen molar-refractivity contribution >= 4 is 32.7 Å². The van der Waals surface area contributed by atoms with Crippen LogP contribution in [0.1, 0.15) is 19.4 Å². The fraction of sp³-hybridized carbons (Fsp3) is 0.261. The molecule has 1 saturated heterocycles. The van der Waals surface area contributed by atoms with Crippen molar-refractivity contribution in [2.45, 2.75) is 30.8 Å². The molecule has 0 aliphatic carbocycles. The van der Waals surface area contributed by atoms with Gasteiger partial charge in [0.2, 0.25) is 0 Å². The monoisotopic (exact) mass is 452 g/mol. The molecule has 8 heteroatoms. The number of hydrogen-bond donors (Lipinski definition) is 2. The fourth-order valence-corrected chi connectivity index (χ4v) is 5.71. The molecular weight excluding hydrogens is 428 g/mol. The van der Waals surface area contributed by atoms with E-state index in [2.05, 4.69) is 34.9 Å². The lowest BCUT2D eigenvalue weighted by molar-refractivity contribution is 0.407. The van der Waals surface area contributed by atoms with Crippen LogP contribution in [0.25, 0.3) is 10.4 Å². The molecule has 0 amide bonds. The van der Waals surface area contributed by atoms with Crippen LogP contribution in [0.2, 0.25) is 0 Å². The van der Waals surface area contributed by atoms with Gasteiger partial charge >= 0.3 is 0 Å². The van der Waals surface area contributed by atoms with Crippen molar-refractivity contribution in [3.8, 4) is 16.5 Å². The fourth-order valence-electron chi connectivity index (χ4n) is 3.93. The number of benzene rings is 2. The molecule has 4 rings (SSSR count). The maximum absolute atomic E-state index is 12.9. The molecule has 2 heterocycles. The van der Waals surface area contributed by atoms with E-state index in [0.29, 0.717) is 11.3 Å². The SMILES string of the molecule is C[C@@H]1CN(c2cc(NS(=O)(=O)c3ccc(-c4cccs4)cc3)ccc2C#N)C[C@H](C)N1. The predicted octanol–water partition coefficient (Wildman–Crippen LogP) is 4.27. The number of anilines is 2. The van der Waals surface area contributed by atoms with Crippen LogP contribution in [0.15, 0.2) is 64.9 Å². The quantitative estimate of drug-likeness (QED) is 0.604. The molecule has 6 nitrogen and oxygen atoms in total. The first-order chi connectivity index (χ1) is 14.9. The van der Waals surface area contributed by atoms with E-state index in [9.17, 15) is 13.7 Å². The van der Waals surface area contributed by atoms with E-state index < -0.39 is 10.0 Å². The Kier molecular flexibility index (Phi) is 6.01. The summed E-state index contributed by atoms with van der Waals surface area (Å²) in [5.74, 6) is 0. The molecule has 1 fully saturated rings. The van der Waals surface area contributed by atoms with Crippen molar-refractivity contribution in [3.63, 3.8) is 0 Å². The second-order valence-corrected chi connectivity index (χ2v) is 10.5. The van der Waals surface area contributed by atoms with Gasteiger partial charge < -0.3 is 10.2 Å². The number of thiophene rings is 1. The highest BCUT2D eigenvalue weighted by Crippen LogP contribution is 2.29. The molecule has 2 atom stereocenters. The third-order valence-corrected chi connectivity index (χ3v) is 7.56. The summed E-state index contributed by atoms with van der Waals surface area (Å²) in [5.41, 5.74) is 2.70. The van der Waals surface area contributed by atoms with E-state index in [1.807, 2.05) is 29.6 Å². The van der Waals surface area contributed by atoms with Gasteiger partial charge in [-0.3, -0.25) is 4.72 Å². The smallest absolute Gasteiger partial charge is 0.261 e. The lowest BCUT2D eigenvalue weighted by Crippen LogP contribution is -2.54. The lowest BCUT2D eigenvalue weighted by atomic mass is 10.1. The van der Waals surface area contributed by atoms with Crippen molar-refractivity contribution < 1.29 is 8.42 Å². The Balaban J connectivity index is 1.59. The largest absolute Gasteiger partial charge is 0.367 e. The molecule has 2 N–H and O–H groups in total. The number of nitrogens with zero attached hydrogens (tertiary/aromatic N) is 2. The molecule has 0 radical (unpaired) electrons. The van der Waals surface area contributed by atoms with Gasteiger partial charge in [-0.25, -0.2) is 8.42 Å². The second-order valence-electron chi connectivity index (χ2n) is 7.82. The summed E-state index contributed by atoms with van der Waals surface area (Å²) in [6.45, 7) is 5.70. The van der Waals surface area contributed by atoms with Crippen LogP contribution >= 0.6 is 11.3 Å². The van der Waals surface area contributed by atoms with Crippen LogP contribution in [0.4, 0.5) is 11.4 Å². The zero-order chi connectivity index (χ0) is 22.0. The number of nitrogens with one attached hydrogen (secondary N) is 2. The number of piperazine rings is 1. The Morgan fingerprint density at radius 3 is 2.42 bits per heavy atom.